The number of imide groups is 1. The van der Waals surface area contributed by atoms with Crippen LogP contribution >= 0.6 is 27.7 Å². The van der Waals surface area contributed by atoms with Gasteiger partial charge in [0.1, 0.15) is 12.3 Å². The maximum absolute atomic E-state index is 12.6. The number of nitrogens with one attached hydrogen (secondary N) is 1. The fourth-order valence-corrected chi connectivity index (χ4v) is 3.94. The van der Waals surface area contributed by atoms with Crippen LogP contribution in [0.4, 0.5) is 10.5 Å². The molecule has 156 valence electrons. The summed E-state index contributed by atoms with van der Waals surface area (Å²) in [5, 5.41) is 12.0. The van der Waals surface area contributed by atoms with E-state index in [-0.39, 0.29) is 16.4 Å². The molecule has 2 N–H and O–H groups in total. The highest BCUT2D eigenvalue weighted by molar-refractivity contribution is 9.10. The van der Waals surface area contributed by atoms with E-state index in [1.807, 2.05) is 0 Å². The highest BCUT2D eigenvalue weighted by Gasteiger charge is 2.36. The van der Waals surface area contributed by atoms with E-state index in [0.717, 1.165) is 16.7 Å². The maximum Gasteiger partial charge on any atom is 0.294 e. The van der Waals surface area contributed by atoms with Gasteiger partial charge in [-0.1, -0.05) is 0 Å². The summed E-state index contributed by atoms with van der Waals surface area (Å²) in [6.07, 6.45) is 1.50. The third kappa shape index (κ3) is 4.77. The Balaban J connectivity index is 1.72. The third-order valence-corrected chi connectivity index (χ3v) is 5.63. The molecule has 3 amide bonds. The predicted molar refractivity (Wildman–Crippen MR) is 117 cm³/mol. The van der Waals surface area contributed by atoms with E-state index in [1.165, 1.54) is 26.4 Å². The zero-order chi connectivity index (χ0) is 21.8. The molecule has 3 rings (SSSR count). The standard InChI is InChI=1S/C20H17BrN2O6S/c1-28-13-5-3-12(4-6-13)22-17(24)10-23-19(26)16(30-20(23)27)9-11-7-14(21)18(25)15(8-11)29-2/h3-9,25H,10H2,1-2H3,(H,22,24)/b16-9+. The molecule has 0 saturated carbocycles. The minimum atomic E-state index is -0.571. The molecule has 0 unspecified atom stereocenters. The van der Waals surface area contributed by atoms with Crippen LogP contribution in [0, 0.1) is 0 Å². The van der Waals surface area contributed by atoms with Gasteiger partial charge >= 0.3 is 0 Å². The van der Waals surface area contributed by atoms with E-state index in [2.05, 4.69) is 21.2 Å². The number of phenols is 1. The zero-order valence-electron chi connectivity index (χ0n) is 16.0. The number of halogens is 1. The van der Waals surface area contributed by atoms with Crippen LogP contribution in [0.3, 0.4) is 0 Å². The molecule has 1 heterocycles. The van der Waals surface area contributed by atoms with Crippen LogP contribution in [-0.2, 0) is 9.59 Å². The van der Waals surface area contributed by atoms with Crippen molar-refractivity contribution in [3.05, 3.63) is 51.3 Å². The number of carbonyl (C=O) groups excluding carboxylic acids is 3. The van der Waals surface area contributed by atoms with Crippen molar-refractivity contribution < 1.29 is 29.0 Å². The molecule has 1 saturated heterocycles. The van der Waals surface area contributed by atoms with Gasteiger partial charge in [0, 0.05) is 5.69 Å². The number of aromatic hydroxyl groups is 1. The van der Waals surface area contributed by atoms with Crippen molar-refractivity contribution in [2.24, 2.45) is 0 Å². The Morgan fingerprint density at radius 2 is 1.90 bits per heavy atom. The smallest absolute Gasteiger partial charge is 0.294 e. The normalized spacial score (nSPS) is 14.9. The first-order valence-corrected chi connectivity index (χ1v) is 10.2. The summed E-state index contributed by atoms with van der Waals surface area (Å²) in [5.41, 5.74) is 1.06. The second-order valence-corrected chi connectivity index (χ2v) is 7.95. The number of phenolic OH excluding ortho intramolecular Hbond substituents is 1. The largest absolute Gasteiger partial charge is 0.503 e. The van der Waals surface area contributed by atoms with E-state index in [4.69, 9.17) is 9.47 Å². The number of thioether (sulfide) groups is 1. The quantitative estimate of drug-likeness (QED) is 0.589. The number of benzene rings is 2. The van der Waals surface area contributed by atoms with Gasteiger partial charge in [-0.3, -0.25) is 19.3 Å². The van der Waals surface area contributed by atoms with Gasteiger partial charge in [-0.2, -0.15) is 0 Å². The number of nitrogens with zero attached hydrogens (tertiary/aromatic N) is 1. The van der Waals surface area contributed by atoms with E-state index in [9.17, 15) is 19.5 Å². The Labute approximate surface area is 185 Å². The summed E-state index contributed by atoms with van der Waals surface area (Å²) in [5.74, 6) is -0.288. The molecule has 2 aromatic rings. The first-order chi connectivity index (χ1) is 14.3. The molecule has 30 heavy (non-hydrogen) atoms. The van der Waals surface area contributed by atoms with Gasteiger partial charge in [-0.15, -0.1) is 0 Å². The highest BCUT2D eigenvalue weighted by Crippen LogP contribution is 2.38. The van der Waals surface area contributed by atoms with Crippen molar-refractivity contribution in [2.75, 3.05) is 26.1 Å². The van der Waals surface area contributed by atoms with Gasteiger partial charge in [0.05, 0.1) is 23.6 Å². The molecule has 0 radical (unpaired) electrons. The number of carbonyl (C=O) groups is 3. The van der Waals surface area contributed by atoms with Crippen LogP contribution in [0.1, 0.15) is 5.56 Å². The second kappa shape index (κ2) is 9.23. The Morgan fingerprint density at radius 1 is 1.20 bits per heavy atom. The fraction of sp³-hybridized carbons (Fsp3) is 0.150. The zero-order valence-corrected chi connectivity index (χ0v) is 18.4. The summed E-state index contributed by atoms with van der Waals surface area (Å²) in [6, 6.07) is 9.79. The Bertz CT molecular complexity index is 1040. The lowest BCUT2D eigenvalue weighted by Crippen LogP contribution is -2.36. The minimum absolute atomic E-state index is 0.0713. The predicted octanol–water partition coefficient (Wildman–Crippen LogP) is 3.85. The molecule has 1 fully saturated rings. The summed E-state index contributed by atoms with van der Waals surface area (Å²) in [4.78, 5) is 38.2. The molecule has 0 bridgehead atoms. The average Bonchev–Trinajstić information content (AvgIpc) is 2.98. The molecule has 0 spiro atoms. The minimum Gasteiger partial charge on any atom is -0.503 e. The lowest BCUT2D eigenvalue weighted by atomic mass is 10.2. The van der Waals surface area contributed by atoms with Crippen molar-refractivity contribution in [1.82, 2.24) is 4.90 Å². The molecule has 0 aliphatic carbocycles. The Hall–Kier alpha value is -2.98. The first kappa shape index (κ1) is 21.7. The van der Waals surface area contributed by atoms with Crippen molar-refractivity contribution in [3.63, 3.8) is 0 Å². The van der Waals surface area contributed by atoms with E-state index in [0.29, 0.717) is 21.5 Å². The average molecular weight is 493 g/mol. The van der Waals surface area contributed by atoms with Gasteiger partial charge in [0.25, 0.3) is 11.1 Å². The van der Waals surface area contributed by atoms with Crippen LogP contribution in [-0.4, -0.2) is 47.8 Å². The van der Waals surface area contributed by atoms with Crippen molar-refractivity contribution in [3.8, 4) is 17.2 Å². The van der Waals surface area contributed by atoms with Crippen LogP contribution < -0.4 is 14.8 Å². The van der Waals surface area contributed by atoms with Crippen LogP contribution in [0.2, 0.25) is 0 Å². The molecule has 0 atom stereocenters. The Kier molecular flexibility index (Phi) is 6.68. The molecule has 1 aliphatic rings. The van der Waals surface area contributed by atoms with Gasteiger partial charge in [-0.05, 0) is 75.7 Å². The number of anilines is 1. The van der Waals surface area contributed by atoms with Gasteiger partial charge in [0.15, 0.2) is 11.5 Å². The number of hydrogen-bond donors (Lipinski definition) is 2. The number of methoxy groups -OCH3 is 2. The van der Waals surface area contributed by atoms with Crippen molar-refractivity contribution >= 4 is 56.5 Å². The summed E-state index contributed by atoms with van der Waals surface area (Å²) >= 11 is 3.95. The summed E-state index contributed by atoms with van der Waals surface area (Å²) < 4.78 is 10.5. The lowest BCUT2D eigenvalue weighted by Gasteiger charge is -2.12. The molecule has 8 nitrogen and oxygen atoms in total. The number of rotatable bonds is 6. The third-order valence-electron chi connectivity index (χ3n) is 4.12. The molecule has 2 aromatic carbocycles. The van der Waals surface area contributed by atoms with E-state index < -0.39 is 23.6 Å². The number of amides is 3. The van der Waals surface area contributed by atoms with Crippen LogP contribution in [0.15, 0.2) is 45.8 Å². The first-order valence-electron chi connectivity index (χ1n) is 8.58. The number of ether oxygens (including phenoxy) is 2. The molecule has 0 aromatic heterocycles. The second-order valence-electron chi connectivity index (χ2n) is 6.10. The highest BCUT2D eigenvalue weighted by atomic mass is 79.9. The van der Waals surface area contributed by atoms with Gasteiger partial charge < -0.3 is 19.9 Å². The van der Waals surface area contributed by atoms with E-state index in [1.54, 1.807) is 30.3 Å². The lowest BCUT2D eigenvalue weighted by molar-refractivity contribution is -0.127. The monoisotopic (exact) mass is 492 g/mol. The number of hydrogen-bond acceptors (Lipinski definition) is 7. The summed E-state index contributed by atoms with van der Waals surface area (Å²) in [6.45, 7) is -0.406. The molecular weight excluding hydrogens is 476 g/mol. The summed E-state index contributed by atoms with van der Waals surface area (Å²) in [7, 11) is 2.94. The topological polar surface area (TPSA) is 105 Å². The SMILES string of the molecule is COc1ccc(NC(=O)CN2C(=O)S/C(=C/c3cc(Br)c(O)c(OC)c3)C2=O)cc1. The van der Waals surface area contributed by atoms with Crippen LogP contribution in [0.5, 0.6) is 17.2 Å². The van der Waals surface area contributed by atoms with Gasteiger partial charge in [-0.25, -0.2) is 0 Å². The van der Waals surface area contributed by atoms with Crippen molar-refractivity contribution in [2.45, 2.75) is 0 Å². The molecular formula is C20H17BrN2O6S. The van der Waals surface area contributed by atoms with Gasteiger partial charge in [0.2, 0.25) is 5.91 Å². The fourth-order valence-electron chi connectivity index (χ4n) is 2.64. The van der Waals surface area contributed by atoms with Crippen LogP contribution in [0.25, 0.3) is 6.08 Å². The molecule has 10 heteroatoms. The van der Waals surface area contributed by atoms with Crippen molar-refractivity contribution in [1.29, 1.82) is 0 Å². The molecule has 1 aliphatic heterocycles. The Morgan fingerprint density at radius 3 is 2.53 bits per heavy atom. The van der Waals surface area contributed by atoms with E-state index >= 15 is 0 Å². The maximum atomic E-state index is 12.6.